The van der Waals surface area contributed by atoms with Crippen LogP contribution in [0.3, 0.4) is 0 Å². The van der Waals surface area contributed by atoms with E-state index >= 15 is 0 Å². The molecular formula is C19H21FO5. The van der Waals surface area contributed by atoms with E-state index in [1.807, 2.05) is 0 Å². The minimum atomic E-state index is -0.421. The summed E-state index contributed by atoms with van der Waals surface area (Å²) >= 11 is 0. The lowest BCUT2D eigenvalue weighted by Crippen LogP contribution is -2.08. The fraction of sp³-hybridized carbons (Fsp3) is 0.316. The van der Waals surface area contributed by atoms with Gasteiger partial charge in [-0.3, -0.25) is 4.79 Å². The first-order chi connectivity index (χ1) is 12.1. The van der Waals surface area contributed by atoms with Crippen molar-refractivity contribution < 1.29 is 28.1 Å². The summed E-state index contributed by atoms with van der Waals surface area (Å²) < 4.78 is 34.3. The first-order valence-corrected chi connectivity index (χ1v) is 7.88. The van der Waals surface area contributed by atoms with Crippen LogP contribution in [-0.4, -0.2) is 26.8 Å². The van der Waals surface area contributed by atoms with Gasteiger partial charge in [-0.25, -0.2) is 4.39 Å². The molecule has 0 spiro atoms. The van der Waals surface area contributed by atoms with Crippen LogP contribution < -0.4 is 14.2 Å². The van der Waals surface area contributed by atoms with Crippen molar-refractivity contribution in [3.05, 3.63) is 53.8 Å². The van der Waals surface area contributed by atoms with E-state index in [4.69, 9.17) is 18.9 Å². The number of hydrogen-bond donors (Lipinski definition) is 0. The maximum atomic E-state index is 13.4. The molecule has 0 heterocycles. The third kappa shape index (κ3) is 5.67. The van der Waals surface area contributed by atoms with Gasteiger partial charge in [-0.05, 0) is 36.8 Å². The Bertz CT molecular complexity index is 702. The fourth-order valence-electron chi connectivity index (χ4n) is 2.19. The van der Waals surface area contributed by atoms with E-state index in [1.54, 1.807) is 50.6 Å². The summed E-state index contributed by atoms with van der Waals surface area (Å²) in [4.78, 5) is 11.8. The van der Waals surface area contributed by atoms with Crippen molar-refractivity contribution in [3.8, 4) is 17.2 Å². The summed E-state index contributed by atoms with van der Waals surface area (Å²) in [6.07, 6.45) is 0.614. The average molecular weight is 348 g/mol. The second kappa shape index (κ2) is 9.52. The van der Waals surface area contributed by atoms with Gasteiger partial charge in [0, 0.05) is 12.0 Å². The molecule has 0 amide bonds. The molecule has 134 valence electrons. The molecule has 0 unspecified atom stereocenters. The van der Waals surface area contributed by atoms with Gasteiger partial charge in [0.15, 0.2) is 11.6 Å². The number of esters is 1. The number of carbonyl (C=O) groups is 1. The Labute approximate surface area is 146 Å². The van der Waals surface area contributed by atoms with Gasteiger partial charge < -0.3 is 18.9 Å². The standard InChI is InChI=1S/C19H21FO5/c1-22-15-9-10-17(23-2)14(12-15)13-25-19(21)8-5-11-24-18-7-4-3-6-16(18)20/h3-4,6-7,9-10,12H,5,8,11,13H2,1-2H3. The molecule has 0 atom stereocenters. The molecule has 0 aliphatic carbocycles. The lowest BCUT2D eigenvalue weighted by atomic mass is 10.2. The summed E-state index contributed by atoms with van der Waals surface area (Å²) in [5, 5.41) is 0. The molecule has 2 aromatic rings. The van der Waals surface area contributed by atoms with Gasteiger partial charge in [-0.1, -0.05) is 12.1 Å². The predicted octanol–water partition coefficient (Wildman–Crippen LogP) is 3.75. The Morgan fingerprint density at radius 3 is 2.56 bits per heavy atom. The van der Waals surface area contributed by atoms with Crippen LogP contribution >= 0.6 is 0 Å². The van der Waals surface area contributed by atoms with Gasteiger partial charge in [-0.2, -0.15) is 0 Å². The van der Waals surface area contributed by atoms with Crippen molar-refractivity contribution in [2.24, 2.45) is 0 Å². The van der Waals surface area contributed by atoms with Crippen LogP contribution in [0.15, 0.2) is 42.5 Å². The highest BCUT2D eigenvalue weighted by Crippen LogP contribution is 2.24. The SMILES string of the molecule is COc1ccc(OC)c(COC(=O)CCCOc2ccccc2F)c1. The van der Waals surface area contributed by atoms with Gasteiger partial charge in [0.1, 0.15) is 18.1 Å². The number of halogens is 1. The number of methoxy groups -OCH3 is 2. The van der Waals surface area contributed by atoms with Gasteiger partial charge in [0.25, 0.3) is 0 Å². The minimum Gasteiger partial charge on any atom is -0.497 e. The number of carbonyl (C=O) groups excluding carboxylic acids is 1. The van der Waals surface area contributed by atoms with Crippen molar-refractivity contribution in [3.63, 3.8) is 0 Å². The third-order valence-electron chi connectivity index (χ3n) is 3.50. The highest BCUT2D eigenvalue weighted by molar-refractivity contribution is 5.69. The molecule has 0 N–H and O–H groups in total. The van der Waals surface area contributed by atoms with Crippen molar-refractivity contribution >= 4 is 5.97 Å². The monoisotopic (exact) mass is 348 g/mol. The number of benzene rings is 2. The first kappa shape index (κ1) is 18.6. The Morgan fingerprint density at radius 2 is 1.84 bits per heavy atom. The summed E-state index contributed by atoms with van der Waals surface area (Å²) in [6, 6.07) is 11.4. The smallest absolute Gasteiger partial charge is 0.306 e. The molecule has 0 radical (unpaired) electrons. The number of para-hydroxylation sites is 1. The largest absolute Gasteiger partial charge is 0.497 e. The molecule has 6 heteroatoms. The maximum absolute atomic E-state index is 13.4. The zero-order chi connectivity index (χ0) is 18.1. The molecule has 0 aromatic heterocycles. The van der Waals surface area contributed by atoms with E-state index in [0.29, 0.717) is 17.9 Å². The van der Waals surface area contributed by atoms with Crippen LogP contribution in [0, 0.1) is 5.82 Å². The predicted molar refractivity (Wildman–Crippen MR) is 90.5 cm³/mol. The highest BCUT2D eigenvalue weighted by atomic mass is 19.1. The lowest BCUT2D eigenvalue weighted by molar-refractivity contribution is -0.145. The zero-order valence-electron chi connectivity index (χ0n) is 14.3. The summed E-state index contributed by atoms with van der Waals surface area (Å²) in [6.45, 7) is 0.325. The van der Waals surface area contributed by atoms with Crippen molar-refractivity contribution in [2.45, 2.75) is 19.4 Å². The molecule has 0 aliphatic heterocycles. The zero-order valence-corrected chi connectivity index (χ0v) is 14.3. The van der Waals surface area contributed by atoms with E-state index in [0.717, 1.165) is 5.56 Å². The van der Waals surface area contributed by atoms with Crippen LogP contribution in [0.4, 0.5) is 4.39 Å². The maximum Gasteiger partial charge on any atom is 0.306 e. The third-order valence-corrected chi connectivity index (χ3v) is 3.50. The van der Waals surface area contributed by atoms with E-state index in [-0.39, 0.29) is 31.4 Å². The van der Waals surface area contributed by atoms with Crippen molar-refractivity contribution in [1.29, 1.82) is 0 Å². The first-order valence-electron chi connectivity index (χ1n) is 7.88. The minimum absolute atomic E-state index is 0.0907. The van der Waals surface area contributed by atoms with Crippen LogP contribution in [0.5, 0.6) is 17.2 Å². The Kier molecular flexibility index (Phi) is 7.07. The lowest BCUT2D eigenvalue weighted by Gasteiger charge is -2.11. The van der Waals surface area contributed by atoms with Gasteiger partial charge in [0.2, 0.25) is 0 Å². The normalized spacial score (nSPS) is 10.2. The van der Waals surface area contributed by atoms with Crippen molar-refractivity contribution in [1.82, 2.24) is 0 Å². The fourth-order valence-corrected chi connectivity index (χ4v) is 2.19. The van der Waals surface area contributed by atoms with Crippen molar-refractivity contribution in [2.75, 3.05) is 20.8 Å². The molecule has 5 nitrogen and oxygen atoms in total. The summed E-state index contributed by atoms with van der Waals surface area (Å²) in [5.41, 5.74) is 0.720. The molecule has 0 bridgehead atoms. The summed E-state index contributed by atoms with van der Waals surface area (Å²) in [7, 11) is 3.11. The summed E-state index contributed by atoms with van der Waals surface area (Å²) in [5.74, 6) is 0.677. The van der Waals surface area contributed by atoms with Crippen LogP contribution in [0.2, 0.25) is 0 Å². The molecule has 2 aromatic carbocycles. The van der Waals surface area contributed by atoms with Crippen LogP contribution in [0.25, 0.3) is 0 Å². The number of hydrogen-bond acceptors (Lipinski definition) is 5. The van der Waals surface area contributed by atoms with Gasteiger partial charge >= 0.3 is 5.97 Å². The Morgan fingerprint density at radius 1 is 1.04 bits per heavy atom. The van der Waals surface area contributed by atoms with Crippen LogP contribution in [-0.2, 0) is 16.1 Å². The van der Waals surface area contributed by atoms with E-state index in [2.05, 4.69) is 0 Å². The van der Waals surface area contributed by atoms with E-state index < -0.39 is 5.82 Å². The number of rotatable bonds is 9. The topological polar surface area (TPSA) is 54.0 Å². The molecule has 2 rings (SSSR count). The molecule has 0 aliphatic rings. The molecule has 0 saturated heterocycles. The Balaban J connectivity index is 1.75. The molecule has 0 fully saturated rings. The molecule has 0 saturated carbocycles. The molecular weight excluding hydrogens is 327 g/mol. The van der Waals surface area contributed by atoms with Gasteiger partial charge in [-0.15, -0.1) is 0 Å². The second-order valence-electron chi connectivity index (χ2n) is 5.22. The second-order valence-corrected chi connectivity index (χ2v) is 5.22. The number of ether oxygens (including phenoxy) is 4. The Hall–Kier alpha value is -2.76. The van der Waals surface area contributed by atoms with Crippen LogP contribution in [0.1, 0.15) is 18.4 Å². The van der Waals surface area contributed by atoms with E-state index in [1.165, 1.54) is 6.07 Å². The molecule has 25 heavy (non-hydrogen) atoms. The highest BCUT2D eigenvalue weighted by Gasteiger charge is 2.09. The van der Waals surface area contributed by atoms with E-state index in [9.17, 15) is 9.18 Å². The van der Waals surface area contributed by atoms with Gasteiger partial charge in [0.05, 0.1) is 20.8 Å². The quantitative estimate of drug-likeness (QED) is 0.510. The average Bonchev–Trinajstić information content (AvgIpc) is 2.64.